The number of hydrogen-bond acceptors (Lipinski definition) is 7. The Hall–Kier alpha value is -2.94. The Bertz CT molecular complexity index is 1120. The van der Waals surface area contributed by atoms with Crippen LogP contribution in [0.1, 0.15) is 56.6 Å². The van der Waals surface area contributed by atoms with Crippen LogP contribution >= 0.6 is 11.8 Å². The fourth-order valence-corrected chi connectivity index (χ4v) is 4.76. The number of nitro benzene ring substituents is 1. The number of nitro groups is 1. The maximum atomic E-state index is 13.1. The molecule has 1 aromatic heterocycles. The summed E-state index contributed by atoms with van der Waals surface area (Å²) < 4.78 is 0. The first-order valence-electron chi connectivity index (χ1n) is 9.97. The van der Waals surface area contributed by atoms with E-state index in [1.807, 2.05) is 0 Å². The average Bonchev–Trinajstić information content (AvgIpc) is 2.72. The minimum atomic E-state index is -0.678. The molecule has 0 fully saturated rings. The third kappa shape index (κ3) is 3.65. The summed E-state index contributed by atoms with van der Waals surface area (Å²) in [7, 11) is 0. The topological polar surface area (TPSA) is 118 Å². The normalized spacial score (nSPS) is 19.0. The standard InChI is InChI=1S/C21H22N4O4S/c1-3-11(2)30-21-23-19-18(20(27)24-21)16(12-6-4-7-13(10-12)25(28)29)17-14(22-19)8-5-9-15(17)26/h4,6-7,10-11,16H,3,5,8-9H2,1-2H3,(H2,22,23,24,27)/t11-,16-/m1/s1. The van der Waals surface area contributed by atoms with Crippen LogP contribution in [0, 0.1) is 10.1 Å². The number of ketones is 1. The molecule has 0 unspecified atom stereocenters. The minimum absolute atomic E-state index is 0.0386. The molecule has 0 spiro atoms. The molecule has 8 nitrogen and oxygen atoms in total. The van der Waals surface area contributed by atoms with E-state index >= 15 is 0 Å². The zero-order valence-electron chi connectivity index (χ0n) is 16.7. The lowest BCUT2D eigenvalue weighted by molar-refractivity contribution is -0.384. The average molecular weight is 426 g/mol. The van der Waals surface area contributed by atoms with Crippen molar-refractivity contribution in [3.8, 4) is 0 Å². The van der Waals surface area contributed by atoms with Gasteiger partial charge in [-0.3, -0.25) is 19.7 Å². The smallest absolute Gasteiger partial charge is 0.269 e. The molecule has 2 aliphatic rings. The highest BCUT2D eigenvalue weighted by atomic mass is 32.2. The van der Waals surface area contributed by atoms with Crippen LogP contribution in [0.15, 0.2) is 45.5 Å². The summed E-state index contributed by atoms with van der Waals surface area (Å²) in [6.07, 6.45) is 2.72. The summed E-state index contributed by atoms with van der Waals surface area (Å²) in [5.74, 6) is -0.291. The van der Waals surface area contributed by atoms with E-state index in [1.165, 1.54) is 23.9 Å². The third-order valence-electron chi connectivity index (χ3n) is 5.54. The Morgan fingerprint density at radius 3 is 2.87 bits per heavy atom. The summed E-state index contributed by atoms with van der Waals surface area (Å²) in [5, 5.41) is 15.3. The summed E-state index contributed by atoms with van der Waals surface area (Å²) in [6.45, 7) is 4.12. The molecule has 0 saturated heterocycles. The van der Waals surface area contributed by atoms with Crippen molar-refractivity contribution in [1.82, 2.24) is 9.97 Å². The lowest BCUT2D eigenvalue weighted by Gasteiger charge is -2.32. The summed E-state index contributed by atoms with van der Waals surface area (Å²) in [4.78, 5) is 44.2. The first-order valence-corrected chi connectivity index (χ1v) is 10.9. The van der Waals surface area contributed by atoms with E-state index in [9.17, 15) is 19.7 Å². The molecule has 2 atom stereocenters. The number of nitrogens with zero attached hydrogens (tertiary/aromatic N) is 2. The monoisotopic (exact) mass is 426 g/mol. The Morgan fingerprint density at radius 2 is 2.13 bits per heavy atom. The number of allylic oxidation sites excluding steroid dienone is 2. The van der Waals surface area contributed by atoms with Crippen molar-refractivity contribution >= 4 is 29.1 Å². The van der Waals surface area contributed by atoms with Gasteiger partial charge in [-0.05, 0) is 24.8 Å². The maximum Gasteiger partial charge on any atom is 0.269 e. The largest absolute Gasteiger partial charge is 0.343 e. The summed E-state index contributed by atoms with van der Waals surface area (Å²) in [6, 6.07) is 6.14. The third-order valence-corrected chi connectivity index (χ3v) is 6.69. The van der Waals surface area contributed by atoms with Crippen molar-refractivity contribution in [1.29, 1.82) is 0 Å². The SMILES string of the molecule is CC[C@@H](C)Sc1nc2c(c(=O)[nH]1)[C@H](c1cccc([N+](=O)[O-])c1)C1=C(CCCC1=O)N2. The fourth-order valence-electron chi connectivity index (χ4n) is 3.92. The van der Waals surface area contributed by atoms with Crippen molar-refractivity contribution in [3.05, 3.63) is 67.1 Å². The van der Waals surface area contributed by atoms with Crippen LogP contribution in [0.2, 0.25) is 0 Å². The number of fused-ring (bicyclic) bond motifs is 1. The molecule has 2 heterocycles. The summed E-state index contributed by atoms with van der Waals surface area (Å²) >= 11 is 1.48. The Kier molecular flexibility index (Phi) is 5.46. The molecule has 30 heavy (non-hydrogen) atoms. The zero-order chi connectivity index (χ0) is 21.4. The van der Waals surface area contributed by atoms with E-state index in [1.54, 1.807) is 12.1 Å². The number of anilines is 1. The van der Waals surface area contributed by atoms with Gasteiger partial charge in [0.1, 0.15) is 5.82 Å². The van der Waals surface area contributed by atoms with Gasteiger partial charge in [0.25, 0.3) is 11.2 Å². The lowest BCUT2D eigenvalue weighted by Crippen LogP contribution is -2.32. The van der Waals surface area contributed by atoms with Crippen LogP contribution < -0.4 is 10.9 Å². The number of aromatic nitrogens is 2. The number of hydrogen-bond donors (Lipinski definition) is 2. The maximum absolute atomic E-state index is 13.1. The van der Waals surface area contributed by atoms with E-state index < -0.39 is 10.8 Å². The lowest BCUT2D eigenvalue weighted by atomic mass is 9.76. The number of H-pyrrole nitrogens is 1. The highest BCUT2D eigenvalue weighted by molar-refractivity contribution is 7.99. The van der Waals surface area contributed by atoms with Crippen molar-refractivity contribution in [2.24, 2.45) is 0 Å². The minimum Gasteiger partial charge on any atom is -0.343 e. The van der Waals surface area contributed by atoms with E-state index in [2.05, 4.69) is 29.1 Å². The fraction of sp³-hybridized carbons (Fsp3) is 0.381. The predicted octanol–water partition coefficient (Wildman–Crippen LogP) is 4.13. The van der Waals surface area contributed by atoms with Gasteiger partial charge in [-0.2, -0.15) is 0 Å². The second-order valence-corrected chi connectivity index (χ2v) is 8.98. The van der Waals surface area contributed by atoms with Crippen LogP contribution in [0.5, 0.6) is 0 Å². The molecule has 1 aliphatic carbocycles. The number of rotatable bonds is 5. The molecular formula is C21H22N4O4S. The van der Waals surface area contributed by atoms with Gasteiger partial charge in [0.05, 0.1) is 10.5 Å². The second-order valence-electron chi connectivity index (χ2n) is 7.55. The van der Waals surface area contributed by atoms with Gasteiger partial charge in [-0.25, -0.2) is 4.98 Å². The number of carbonyl (C=O) groups is 1. The number of non-ortho nitro benzene ring substituents is 1. The molecule has 2 N–H and O–H groups in total. The molecule has 2 aromatic rings. The van der Waals surface area contributed by atoms with Crippen LogP contribution in [-0.4, -0.2) is 25.9 Å². The van der Waals surface area contributed by atoms with Crippen molar-refractivity contribution in [3.63, 3.8) is 0 Å². The van der Waals surface area contributed by atoms with Gasteiger partial charge >= 0.3 is 0 Å². The molecule has 0 radical (unpaired) electrons. The van der Waals surface area contributed by atoms with Gasteiger partial charge in [0, 0.05) is 41.0 Å². The highest BCUT2D eigenvalue weighted by Crippen LogP contribution is 2.44. The molecule has 0 saturated carbocycles. The van der Waals surface area contributed by atoms with E-state index in [4.69, 9.17) is 0 Å². The predicted molar refractivity (Wildman–Crippen MR) is 115 cm³/mol. The molecule has 9 heteroatoms. The van der Waals surface area contributed by atoms with Crippen molar-refractivity contribution in [2.75, 3.05) is 5.32 Å². The molecule has 4 rings (SSSR count). The molecular weight excluding hydrogens is 404 g/mol. The highest BCUT2D eigenvalue weighted by Gasteiger charge is 2.38. The van der Waals surface area contributed by atoms with Gasteiger partial charge in [-0.1, -0.05) is 37.7 Å². The van der Waals surface area contributed by atoms with Gasteiger partial charge in [0.2, 0.25) is 0 Å². The molecule has 0 amide bonds. The molecule has 1 aliphatic heterocycles. The van der Waals surface area contributed by atoms with Crippen molar-refractivity contribution in [2.45, 2.75) is 55.9 Å². The molecule has 1 aromatic carbocycles. The van der Waals surface area contributed by atoms with Crippen LogP contribution in [0.4, 0.5) is 11.5 Å². The van der Waals surface area contributed by atoms with E-state index in [0.29, 0.717) is 40.5 Å². The van der Waals surface area contributed by atoms with Crippen LogP contribution in [-0.2, 0) is 4.79 Å². The number of aromatic amines is 1. The van der Waals surface area contributed by atoms with E-state index in [-0.39, 0.29) is 22.3 Å². The number of carbonyl (C=O) groups excluding carboxylic acids is 1. The van der Waals surface area contributed by atoms with Gasteiger partial charge in [-0.15, -0.1) is 0 Å². The van der Waals surface area contributed by atoms with Gasteiger partial charge < -0.3 is 10.3 Å². The Morgan fingerprint density at radius 1 is 1.33 bits per heavy atom. The number of benzene rings is 1. The Balaban J connectivity index is 1.90. The first kappa shape index (κ1) is 20.3. The first-order chi connectivity index (χ1) is 14.4. The number of Topliss-reactive ketones (excluding diaryl/α,β-unsaturated/α-hetero) is 1. The second kappa shape index (κ2) is 8.06. The van der Waals surface area contributed by atoms with Crippen molar-refractivity contribution < 1.29 is 9.72 Å². The number of nitrogens with one attached hydrogen (secondary N) is 2. The Labute approximate surface area is 177 Å². The number of thioether (sulfide) groups is 1. The quantitative estimate of drug-likeness (QED) is 0.319. The van der Waals surface area contributed by atoms with Crippen LogP contribution in [0.3, 0.4) is 0 Å². The summed E-state index contributed by atoms with van der Waals surface area (Å²) in [5.41, 5.74) is 1.74. The zero-order valence-corrected chi connectivity index (χ0v) is 17.5. The molecule has 0 bridgehead atoms. The van der Waals surface area contributed by atoms with Gasteiger partial charge in [0.15, 0.2) is 10.9 Å². The van der Waals surface area contributed by atoms with Crippen LogP contribution in [0.25, 0.3) is 0 Å². The van der Waals surface area contributed by atoms with E-state index in [0.717, 1.165) is 18.5 Å². The molecule has 156 valence electrons.